The van der Waals surface area contributed by atoms with Crippen LogP contribution in [0.15, 0.2) is 11.3 Å². The van der Waals surface area contributed by atoms with E-state index in [1.54, 1.807) is 6.92 Å². The molecule has 0 N–H and O–H groups in total. The van der Waals surface area contributed by atoms with Gasteiger partial charge in [0.1, 0.15) is 6.29 Å². The molecule has 1 aliphatic rings. The van der Waals surface area contributed by atoms with Crippen molar-refractivity contribution in [3.05, 3.63) is 11.3 Å². The van der Waals surface area contributed by atoms with Crippen LogP contribution >= 0.6 is 0 Å². The number of carbonyl (C=O) groups excluding carboxylic acids is 2. The van der Waals surface area contributed by atoms with E-state index < -0.39 is 5.97 Å². The molecule has 0 unspecified atom stereocenters. The van der Waals surface area contributed by atoms with Gasteiger partial charge in [0.05, 0.1) is 13.2 Å². The molecule has 0 aliphatic carbocycles. The quantitative estimate of drug-likeness (QED) is 0.455. The molecule has 0 aromatic rings. The highest BCUT2D eigenvalue weighted by molar-refractivity contribution is 5.94. The first-order valence-electron chi connectivity index (χ1n) is 3.77. The molecule has 1 heterocycles. The topological polar surface area (TPSA) is 52.6 Å². The number of rotatable bonds is 3. The molecule has 0 spiro atoms. The van der Waals surface area contributed by atoms with Crippen LogP contribution in [0.3, 0.4) is 0 Å². The molecule has 0 bridgehead atoms. The molecule has 1 rings (SSSR count). The van der Waals surface area contributed by atoms with E-state index in [0.29, 0.717) is 24.9 Å². The summed E-state index contributed by atoms with van der Waals surface area (Å²) in [6, 6.07) is 0. The zero-order valence-corrected chi connectivity index (χ0v) is 6.83. The minimum absolute atomic E-state index is 0.0758. The van der Waals surface area contributed by atoms with E-state index in [-0.39, 0.29) is 12.4 Å². The first-order chi connectivity index (χ1) is 5.79. The molecule has 0 aromatic heterocycles. The predicted octanol–water partition coefficient (Wildman–Crippen LogP) is 0.423. The smallest absolute Gasteiger partial charge is 0.374 e. The molecular formula is C8H10O4. The fourth-order valence-electron chi connectivity index (χ4n) is 0.968. The third kappa shape index (κ3) is 1.64. The predicted molar refractivity (Wildman–Crippen MR) is 40.3 cm³/mol. The standard InChI is InChI=1S/C8H10O4/c1-2-11-8(10)7-6(5-9)3-4-12-7/h5H,2-4H2,1H3. The highest BCUT2D eigenvalue weighted by Crippen LogP contribution is 2.18. The van der Waals surface area contributed by atoms with E-state index in [9.17, 15) is 9.59 Å². The SMILES string of the molecule is CCOC(=O)C1=C(C=O)CCO1. The van der Waals surface area contributed by atoms with Gasteiger partial charge < -0.3 is 9.47 Å². The minimum Gasteiger partial charge on any atom is -0.486 e. The van der Waals surface area contributed by atoms with E-state index in [1.807, 2.05) is 0 Å². The van der Waals surface area contributed by atoms with Crippen molar-refractivity contribution < 1.29 is 19.1 Å². The Morgan fingerprint density at radius 2 is 2.50 bits per heavy atom. The maximum atomic E-state index is 11.1. The van der Waals surface area contributed by atoms with Crippen molar-refractivity contribution in [2.45, 2.75) is 13.3 Å². The Bertz CT molecular complexity index is 229. The van der Waals surface area contributed by atoms with Crippen LogP contribution in [0, 0.1) is 0 Å². The summed E-state index contributed by atoms with van der Waals surface area (Å²) in [4.78, 5) is 21.4. The van der Waals surface area contributed by atoms with Gasteiger partial charge in [0, 0.05) is 12.0 Å². The Morgan fingerprint density at radius 3 is 3.08 bits per heavy atom. The van der Waals surface area contributed by atoms with E-state index in [1.165, 1.54) is 0 Å². The van der Waals surface area contributed by atoms with Crippen LogP contribution in [0.4, 0.5) is 0 Å². The summed E-state index contributed by atoms with van der Waals surface area (Å²) in [6.45, 7) is 2.38. The molecule has 0 saturated carbocycles. The first kappa shape index (κ1) is 8.77. The molecule has 0 saturated heterocycles. The summed E-state index contributed by atoms with van der Waals surface area (Å²) < 4.78 is 9.62. The first-order valence-corrected chi connectivity index (χ1v) is 3.77. The Morgan fingerprint density at radius 1 is 1.75 bits per heavy atom. The zero-order valence-electron chi connectivity index (χ0n) is 6.83. The van der Waals surface area contributed by atoms with Crippen LogP contribution in [0.5, 0.6) is 0 Å². The number of ether oxygens (including phenoxy) is 2. The van der Waals surface area contributed by atoms with Crippen molar-refractivity contribution >= 4 is 12.3 Å². The van der Waals surface area contributed by atoms with Gasteiger partial charge in [-0.3, -0.25) is 4.79 Å². The summed E-state index contributed by atoms with van der Waals surface area (Å²) in [7, 11) is 0. The van der Waals surface area contributed by atoms with Crippen molar-refractivity contribution in [2.24, 2.45) is 0 Å². The van der Waals surface area contributed by atoms with Gasteiger partial charge in [-0.05, 0) is 6.92 Å². The van der Waals surface area contributed by atoms with Gasteiger partial charge in [-0.25, -0.2) is 4.79 Å². The van der Waals surface area contributed by atoms with E-state index >= 15 is 0 Å². The van der Waals surface area contributed by atoms with Crippen molar-refractivity contribution in [1.29, 1.82) is 0 Å². The number of hydrogen-bond donors (Lipinski definition) is 0. The Labute approximate surface area is 70.1 Å². The van der Waals surface area contributed by atoms with Crippen molar-refractivity contribution in [3.8, 4) is 0 Å². The molecule has 12 heavy (non-hydrogen) atoms. The van der Waals surface area contributed by atoms with Crippen LogP contribution in [0.2, 0.25) is 0 Å². The lowest BCUT2D eigenvalue weighted by Gasteiger charge is -2.02. The van der Waals surface area contributed by atoms with Gasteiger partial charge in [-0.15, -0.1) is 0 Å². The molecule has 0 fully saturated rings. The van der Waals surface area contributed by atoms with Crippen molar-refractivity contribution in [3.63, 3.8) is 0 Å². The highest BCUT2D eigenvalue weighted by atomic mass is 16.6. The maximum absolute atomic E-state index is 11.1. The van der Waals surface area contributed by atoms with Gasteiger partial charge in [-0.1, -0.05) is 0 Å². The number of aldehydes is 1. The lowest BCUT2D eigenvalue weighted by atomic mass is 10.2. The van der Waals surface area contributed by atoms with Crippen molar-refractivity contribution in [1.82, 2.24) is 0 Å². The van der Waals surface area contributed by atoms with Crippen LogP contribution in [-0.2, 0) is 19.1 Å². The minimum atomic E-state index is -0.544. The molecular weight excluding hydrogens is 160 g/mol. The van der Waals surface area contributed by atoms with Crippen molar-refractivity contribution in [2.75, 3.05) is 13.2 Å². The number of hydrogen-bond acceptors (Lipinski definition) is 4. The largest absolute Gasteiger partial charge is 0.486 e. The molecule has 0 amide bonds. The van der Waals surface area contributed by atoms with E-state index in [4.69, 9.17) is 4.74 Å². The molecule has 0 aromatic carbocycles. The summed E-state index contributed by atoms with van der Waals surface area (Å²) in [5, 5.41) is 0. The van der Waals surface area contributed by atoms with Crippen LogP contribution in [-0.4, -0.2) is 25.5 Å². The average Bonchev–Trinajstić information content (AvgIpc) is 2.51. The number of carbonyl (C=O) groups is 2. The Balaban J connectivity index is 2.71. The second-order valence-corrected chi connectivity index (χ2v) is 2.29. The van der Waals surface area contributed by atoms with Gasteiger partial charge in [0.2, 0.25) is 5.76 Å². The molecule has 4 heteroatoms. The fourth-order valence-corrected chi connectivity index (χ4v) is 0.968. The highest BCUT2D eigenvalue weighted by Gasteiger charge is 2.23. The van der Waals surface area contributed by atoms with Crippen LogP contribution < -0.4 is 0 Å². The summed E-state index contributed by atoms with van der Waals surface area (Å²) >= 11 is 0. The lowest BCUT2D eigenvalue weighted by Crippen LogP contribution is -2.09. The van der Waals surface area contributed by atoms with Gasteiger partial charge in [0.15, 0.2) is 0 Å². The molecule has 4 nitrogen and oxygen atoms in total. The van der Waals surface area contributed by atoms with Gasteiger partial charge >= 0.3 is 5.97 Å². The summed E-state index contributed by atoms with van der Waals surface area (Å²) in [6.07, 6.45) is 1.14. The fraction of sp³-hybridized carbons (Fsp3) is 0.500. The molecule has 0 radical (unpaired) electrons. The maximum Gasteiger partial charge on any atom is 0.374 e. The lowest BCUT2D eigenvalue weighted by molar-refractivity contribution is -0.142. The third-order valence-corrected chi connectivity index (χ3v) is 1.51. The van der Waals surface area contributed by atoms with Crippen LogP contribution in [0.1, 0.15) is 13.3 Å². The van der Waals surface area contributed by atoms with Gasteiger partial charge in [0.25, 0.3) is 0 Å². The monoisotopic (exact) mass is 170 g/mol. The van der Waals surface area contributed by atoms with E-state index in [0.717, 1.165) is 0 Å². The zero-order chi connectivity index (χ0) is 8.97. The number of esters is 1. The second kappa shape index (κ2) is 3.90. The summed E-state index contributed by atoms with van der Waals surface area (Å²) in [5.74, 6) is -0.469. The Hall–Kier alpha value is -1.32. The van der Waals surface area contributed by atoms with E-state index in [2.05, 4.69) is 4.74 Å². The average molecular weight is 170 g/mol. The molecule has 1 aliphatic heterocycles. The second-order valence-electron chi connectivity index (χ2n) is 2.29. The normalized spacial score (nSPS) is 15.8. The Kier molecular flexibility index (Phi) is 2.85. The van der Waals surface area contributed by atoms with Crippen LogP contribution in [0.25, 0.3) is 0 Å². The molecule has 66 valence electrons. The summed E-state index contributed by atoms with van der Waals surface area (Å²) in [5.41, 5.74) is 0.397. The van der Waals surface area contributed by atoms with Gasteiger partial charge in [-0.2, -0.15) is 0 Å². The molecule has 0 atom stereocenters. The third-order valence-electron chi connectivity index (χ3n) is 1.51.